The lowest BCUT2D eigenvalue weighted by molar-refractivity contribution is 0.1000. The number of piperazine rings is 1. The Balaban J connectivity index is 1.99. The fourth-order valence-corrected chi connectivity index (χ4v) is 3.36. The van der Waals surface area contributed by atoms with Crippen molar-refractivity contribution in [1.82, 2.24) is 9.21 Å². The first-order valence-electron chi connectivity index (χ1n) is 6.53. The van der Waals surface area contributed by atoms with Crippen LogP contribution in [0, 0.1) is 0 Å². The van der Waals surface area contributed by atoms with Crippen LogP contribution in [0.15, 0.2) is 18.2 Å². The number of sulfonamides is 1. The molecule has 1 aromatic rings. The van der Waals surface area contributed by atoms with Gasteiger partial charge in [-0.05, 0) is 17.7 Å². The molecular formula is C13H18ClN3O3S. The quantitative estimate of drug-likeness (QED) is 0.871. The lowest BCUT2D eigenvalue weighted by Gasteiger charge is -2.33. The van der Waals surface area contributed by atoms with E-state index in [1.54, 1.807) is 18.2 Å². The molecule has 1 aromatic carbocycles. The van der Waals surface area contributed by atoms with Crippen LogP contribution in [-0.2, 0) is 16.6 Å². The maximum Gasteiger partial charge on any atom is 0.248 e. The lowest BCUT2D eigenvalue weighted by Crippen LogP contribution is -2.47. The number of carbonyl (C=O) groups is 1. The molecule has 116 valence electrons. The summed E-state index contributed by atoms with van der Waals surface area (Å²) in [6.45, 7) is 2.89. The molecule has 2 rings (SSSR count). The molecule has 1 saturated heterocycles. The number of amides is 1. The molecule has 6 nitrogen and oxygen atoms in total. The largest absolute Gasteiger partial charge is 0.366 e. The van der Waals surface area contributed by atoms with Gasteiger partial charge in [0.25, 0.3) is 0 Å². The van der Waals surface area contributed by atoms with Crippen LogP contribution in [0.1, 0.15) is 15.9 Å². The molecule has 0 radical (unpaired) electrons. The van der Waals surface area contributed by atoms with E-state index >= 15 is 0 Å². The molecule has 0 aromatic heterocycles. The number of primary amides is 1. The maximum atomic E-state index is 11.4. The van der Waals surface area contributed by atoms with Crippen molar-refractivity contribution in [3.8, 4) is 0 Å². The van der Waals surface area contributed by atoms with Gasteiger partial charge in [0, 0.05) is 43.3 Å². The number of nitrogens with two attached hydrogens (primary N) is 1. The monoisotopic (exact) mass is 331 g/mol. The van der Waals surface area contributed by atoms with Crippen LogP contribution in [0.3, 0.4) is 0 Å². The third-order valence-electron chi connectivity index (χ3n) is 3.53. The zero-order valence-electron chi connectivity index (χ0n) is 11.8. The standard InChI is InChI=1S/C13H18ClN3O3S/c1-21(19,20)17-6-4-16(5-7-17)9-11-3-2-10(13(15)18)8-12(11)14/h2-3,8H,4-7,9H2,1H3,(H2,15,18). The lowest BCUT2D eigenvalue weighted by atomic mass is 10.1. The molecule has 0 atom stereocenters. The first-order chi connectivity index (χ1) is 9.77. The molecule has 1 aliphatic rings. The Morgan fingerprint density at radius 2 is 1.90 bits per heavy atom. The number of halogens is 1. The minimum atomic E-state index is -3.12. The summed E-state index contributed by atoms with van der Waals surface area (Å²) in [7, 11) is -3.12. The van der Waals surface area contributed by atoms with Crippen LogP contribution in [0.25, 0.3) is 0 Å². The smallest absolute Gasteiger partial charge is 0.248 e. The van der Waals surface area contributed by atoms with Crippen LogP contribution < -0.4 is 5.73 Å². The number of benzene rings is 1. The van der Waals surface area contributed by atoms with Crippen LogP contribution in [-0.4, -0.2) is 56.0 Å². The summed E-state index contributed by atoms with van der Waals surface area (Å²) in [5.74, 6) is -0.509. The summed E-state index contributed by atoms with van der Waals surface area (Å²) in [6.07, 6.45) is 1.22. The molecule has 0 bridgehead atoms. The molecule has 0 saturated carbocycles. The Morgan fingerprint density at radius 3 is 2.38 bits per heavy atom. The van der Waals surface area contributed by atoms with Crippen LogP contribution in [0.2, 0.25) is 5.02 Å². The van der Waals surface area contributed by atoms with Gasteiger partial charge in [0.1, 0.15) is 0 Å². The van der Waals surface area contributed by atoms with Gasteiger partial charge in [0.2, 0.25) is 15.9 Å². The Labute approximate surface area is 129 Å². The first kappa shape index (κ1) is 16.2. The van der Waals surface area contributed by atoms with Crippen molar-refractivity contribution in [2.24, 2.45) is 5.73 Å². The van der Waals surface area contributed by atoms with E-state index in [1.807, 2.05) is 0 Å². The summed E-state index contributed by atoms with van der Waals surface area (Å²) >= 11 is 6.15. The molecule has 0 aliphatic carbocycles. The van der Waals surface area contributed by atoms with E-state index in [2.05, 4.69) is 4.90 Å². The number of hydrogen-bond acceptors (Lipinski definition) is 4. The number of hydrogen-bond donors (Lipinski definition) is 1. The Hall–Kier alpha value is -1.15. The van der Waals surface area contributed by atoms with E-state index in [-0.39, 0.29) is 0 Å². The minimum Gasteiger partial charge on any atom is -0.366 e. The highest BCUT2D eigenvalue weighted by Crippen LogP contribution is 2.20. The fourth-order valence-electron chi connectivity index (χ4n) is 2.29. The van der Waals surface area contributed by atoms with Crippen LogP contribution in [0.5, 0.6) is 0 Å². The molecule has 21 heavy (non-hydrogen) atoms. The predicted molar refractivity (Wildman–Crippen MR) is 81.7 cm³/mol. The highest BCUT2D eigenvalue weighted by atomic mass is 35.5. The second-order valence-electron chi connectivity index (χ2n) is 5.11. The Bertz CT molecular complexity index is 640. The van der Waals surface area contributed by atoms with Gasteiger partial charge in [-0.2, -0.15) is 4.31 Å². The second-order valence-corrected chi connectivity index (χ2v) is 7.50. The SMILES string of the molecule is CS(=O)(=O)N1CCN(Cc2ccc(C(N)=O)cc2Cl)CC1. The molecule has 1 aliphatic heterocycles. The van der Waals surface area contributed by atoms with Crippen molar-refractivity contribution in [3.63, 3.8) is 0 Å². The van der Waals surface area contributed by atoms with Gasteiger partial charge in [0.05, 0.1) is 6.26 Å². The van der Waals surface area contributed by atoms with E-state index < -0.39 is 15.9 Å². The molecule has 2 N–H and O–H groups in total. The van der Waals surface area contributed by atoms with Gasteiger partial charge in [-0.1, -0.05) is 17.7 Å². The van der Waals surface area contributed by atoms with Crippen molar-refractivity contribution in [2.45, 2.75) is 6.54 Å². The van der Waals surface area contributed by atoms with E-state index in [9.17, 15) is 13.2 Å². The number of rotatable bonds is 4. The number of carbonyl (C=O) groups excluding carboxylic acids is 1. The fraction of sp³-hybridized carbons (Fsp3) is 0.462. The van der Waals surface area contributed by atoms with E-state index in [4.69, 9.17) is 17.3 Å². The van der Waals surface area contributed by atoms with Crippen LogP contribution in [0.4, 0.5) is 0 Å². The third kappa shape index (κ3) is 4.16. The first-order valence-corrected chi connectivity index (χ1v) is 8.75. The van der Waals surface area contributed by atoms with Crippen molar-refractivity contribution in [1.29, 1.82) is 0 Å². The van der Waals surface area contributed by atoms with Crippen molar-refractivity contribution in [3.05, 3.63) is 34.3 Å². The van der Waals surface area contributed by atoms with Crippen molar-refractivity contribution in [2.75, 3.05) is 32.4 Å². The molecule has 0 unspecified atom stereocenters. The summed E-state index contributed by atoms with van der Waals surface area (Å²) in [5, 5.41) is 0.497. The van der Waals surface area contributed by atoms with E-state index in [0.29, 0.717) is 43.3 Å². The Morgan fingerprint density at radius 1 is 1.29 bits per heavy atom. The summed E-state index contributed by atoms with van der Waals surface area (Å²) in [6, 6.07) is 4.99. The maximum absolute atomic E-state index is 11.4. The topological polar surface area (TPSA) is 83.7 Å². The minimum absolute atomic E-state index is 0.380. The Kier molecular flexibility index (Phi) is 4.88. The normalized spacial score (nSPS) is 17.8. The average molecular weight is 332 g/mol. The molecule has 0 spiro atoms. The zero-order valence-corrected chi connectivity index (χ0v) is 13.3. The number of nitrogens with zero attached hydrogens (tertiary/aromatic N) is 2. The van der Waals surface area contributed by atoms with Gasteiger partial charge in [0.15, 0.2) is 0 Å². The van der Waals surface area contributed by atoms with E-state index in [0.717, 1.165) is 5.56 Å². The molecule has 1 fully saturated rings. The summed E-state index contributed by atoms with van der Waals surface area (Å²) < 4.78 is 24.4. The van der Waals surface area contributed by atoms with Crippen molar-refractivity contribution >= 4 is 27.5 Å². The highest BCUT2D eigenvalue weighted by molar-refractivity contribution is 7.88. The van der Waals surface area contributed by atoms with Gasteiger partial charge >= 0.3 is 0 Å². The van der Waals surface area contributed by atoms with Gasteiger partial charge < -0.3 is 5.73 Å². The highest BCUT2D eigenvalue weighted by Gasteiger charge is 2.23. The van der Waals surface area contributed by atoms with E-state index in [1.165, 1.54) is 10.6 Å². The van der Waals surface area contributed by atoms with Gasteiger partial charge in [-0.15, -0.1) is 0 Å². The van der Waals surface area contributed by atoms with Gasteiger partial charge in [-0.25, -0.2) is 8.42 Å². The van der Waals surface area contributed by atoms with Crippen LogP contribution >= 0.6 is 11.6 Å². The molecule has 1 heterocycles. The van der Waals surface area contributed by atoms with Crippen molar-refractivity contribution < 1.29 is 13.2 Å². The predicted octanol–water partition coefficient (Wildman–Crippen LogP) is 0.516. The summed E-state index contributed by atoms with van der Waals surface area (Å²) in [4.78, 5) is 13.2. The zero-order chi connectivity index (χ0) is 15.6. The third-order valence-corrected chi connectivity index (χ3v) is 5.19. The average Bonchev–Trinajstić information content (AvgIpc) is 2.40. The molecule has 1 amide bonds. The van der Waals surface area contributed by atoms with Gasteiger partial charge in [-0.3, -0.25) is 9.69 Å². The molecule has 8 heteroatoms. The second kappa shape index (κ2) is 6.31. The summed E-state index contributed by atoms with van der Waals surface area (Å²) in [5.41, 5.74) is 6.48. The molecular weight excluding hydrogens is 314 g/mol.